The molecular weight excluding hydrogens is 246 g/mol. The topological polar surface area (TPSA) is 28.2 Å². The second kappa shape index (κ2) is 4.91. The van der Waals surface area contributed by atoms with Crippen molar-refractivity contribution in [3.8, 4) is 0 Å². The van der Waals surface area contributed by atoms with Gasteiger partial charge in [-0.25, -0.2) is 4.98 Å². The molecule has 0 spiro atoms. The highest BCUT2D eigenvalue weighted by Crippen LogP contribution is 2.34. The van der Waals surface area contributed by atoms with E-state index in [-0.39, 0.29) is 0 Å². The number of nitrogens with zero attached hydrogens (tertiary/aromatic N) is 2. The van der Waals surface area contributed by atoms with Crippen molar-refractivity contribution in [2.45, 2.75) is 31.8 Å². The summed E-state index contributed by atoms with van der Waals surface area (Å²) in [5.74, 6) is 1.12. The molecule has 0 amide bonds. The summed E-state index contributed by atoms with van der Waals surface area (Å²) < 4.78 is 0. The third kappa shape index (κ3) is 2.18. The summed E-state index contributed by atoms with van der Waals surface area (Å²) in [6, 6.07) is 13.6. The summed E-state index contributed by atoms with van der Waals surface area (Å²) >= 11 is 0. The molecule has 1 aliphatic heterocycles. The Labute approximate surface area is 119 Å². The summed E-state index contributed by atoms with van der Waals surface area (Å²) in [4.78, 5) is 7.00. The average molecular weight is 265 g/mol. The summed E-state index contributed by atoms with van der Waals surface area (Å²) in [5, 5.41) is 3.59. The minimum Gasteiger partial charge on any atom is -0.326 e. The second-order valence-electron chi connectivity index (χ2n) is 5.67. The van der Waals surface area contributed by atoms with Crippen LogP contribution in [0.3, 0.4) is 0 Å². The molecule has 3 nitrogen and oxygen atoms in total. The van der Waals surface area contributed by atoms with E-state index in [2.05, 4.69) is 45.5 Å². The van der Waals surface area contributed by atoms with Crippen LogP contribution in [0.4, 0.5) is 11.5 Å². The summed E-state index contributed by atoms with van der Waals surface area (Å²) in [7, 11) is 0. The van der Waals surface area contributed by atoms with Gasteiger partial charge >= 0.3 is 0 Å². The number of fused-ring (bicyclic) bond motifs is 1. The quantitative estimate of drug-likeness (QED) is 0.921. The Morgan fingerprint density at radius 2 is 2.05 bits per heavy atom. The lowest BCUT2D eigenvalue weighted by molar-refractivity contribution is 0.685. The van der Waals surface area contributed by atoms with Gasteiger partial charge in [-0.1, -0.05) is 24.3 Å². The first-order valence-corrected chi connectivity index (χ1v) is 7.44. The lowest BCUT2D eigenvalue weighted by atomic mass is 10.2. The highest BCUT2D eigenvalue weighted by atomic mass is 15.2. The van der Waals surface area contributed by atoms with E-state index in [0.717, 1.165) is 31.4 Å². The molecule has 0 radical (unpaired) electrons. The zero-order valence-electron chi connectivity index (χ0n) is 11.5. The van der Waals surface area contributed by atoms with Crippen LogP contribution in [-0.4, -0.2) is 17.6 Å². The molecule has 1 aromatic carbocycles. The van der Waals surface area contributed by atoms with Gasteiger partial charge in [0.1, 0.15) is 5.82 Å². The highest BCUT2D eigenvalue weighted by Gasteiger charge is 2.24. The van der Waals surface area contributed by atoms with E-state index in [9.17, 15) is 0 Å². The van der Waals surface area contributed by atoms with Gasteiger partial charge in [0, 0.05) is 36.6 Å². The van der Waals surface area contributed by atoms with E-state index in [4.69, 9.17) is 0 Å². The van der Waals surface area contributed by atoms with Crippen LogP contribution in [0.15, 0.2) is 42.6 Å². The van der Waals surface area contributed by atoms with Crippen LogP contribution < -0.4 is 10.2 Å². The van der Waals surface area contributed by atoms with Crippen molar-refractivity contribution in [3.05, 3.63) is 53.7 Å². The standard InChI is InChI=1S/C17H19N3/c1-2-6-16-13(4-1)9-11-20(16)17-14(5-3-10-18-17)12-19-15-7-8-15/h1-6,10,15,19H,7-9,11-12H2. The highest BCUT2D eigenvalue weighted by molar-refractivity contribution is 5.69. The molecule has 1 N–H and O–H groups in total. The molecular formula is C17H19N3. The molecule has 1 fully saturated rings. The van der Waals surface area contributed by atoms with Crippen LogP contribution in [0.5, 0.6) is 0 Å². The van der Waals surface area contributed by atoms with Crippen molar-refractivity contribution < 1.29 is 0 Å². The average Bonchev–Trinajstić information content (AvgIpc) is 3.23. The Morgan fingerprint density at radius 1 is 1.15 bits per heavy atom. The van der Waals surface area contributed by atoms with E-state index < -0.39 is 0 Å². The molecule has 0 bridgehead atoms. The SMILES string of the molecule is c1ccc2c(c1)CCN2c1ncccc1CNC1CC1. The van der Waals surface area contributed by atoms with Gasteiger partial charge in [-0.15, -0.1) is 0 Å². The first-order valence-electron chi connectivity index (χ1n) is 7.44. The van der Waals surface area contributed by atoms with Gasteiger partial charge in [0.05, 0.1) is 0 Å². The number of rotatable bonds is 4. The zero-order valence-corrected chi connectivity index (χ0v) is 11.5. The molecule has 3 heteroatoms. The molecule has 1 saturated carbocycles. The van der Waals surface area contributed by atoms with E-state index in [1.807, 2.05) is 12.3 Å². The Balaban J connectivity index is 1.65. The van der Waals surface area contributed by atoms with Gasteiger partial charge in [-0.3, -0.25) is 0 Å². The van der Waals surface area contributed by atoms with Gasteiger partial charge in [0.15, 0.2) is 0 Å². The Morgan fingerprint density at radius 3 is 2.95 bits per heavy atom. The molecule has 2 aromatic rings. The fourth-order valence-corrected chi connectivity index (χ4v) is 2.91. The maximum Gasteiger partial charge on any atom is 0.137 e. The fourth-order valence-electron chi connectivity index (χ4n) is 2.91. The summed E-state index contributed by atoms with van der Waals surface area (Å²) in [6.45, 7) is 1.96. The minimum absolute atomic E-state index is 0.730. The number of para-hydroxylation sites is 1. The van der Waals surface area contributed by atoms with Crippen molar-refractivity contribution in [1.29, 1.82) is 0 Å². The van der Waals surface area contributed by atoms with E-state index in [1.165, 1.54) is 29.7 Å². The van der Waals surface area contributed by atoms with Crippen molar-refractivity contribution in [2.75, 3.05) is 11.4 Å². The van der Waals surface area contributed by atoms with Crippen molar-refractivity contribution in [3.63, 3.8) is 0 Å². The fraction of sp³-hybridized carbons (Fsp3) is 0.353. The smallest absolute Gasteiger partial charge is 0.137 e. The number of benzene rings is 1. The molecule has 1 aliphatic carbocycles. The maximum absolute atomic E-state index is 4.64. The molecule has 20 heavy (non-hydrogen) atoms. The number of pyridine rings is 1. The molecule has 0 unspecified atom stereocenters. The molecule has 4 rings (SSSR count). The Bertz CT molecular complexity index is 619. The minimum atomic E-state index is 0.730. The van der Waals surface area contributed by atoms with E-state index >= 15 is 0 Å². The molecule has 2 aliphatic rings. The lowest BCUT2D eigenvalue weighted by Gasteiger charge is -2.21. The monoisotopic (exact) mass is 265 g/mol. The number of aromatic nitrogens is 1. The number of hydrogen-bond donors (Lipinski definition) is 1. The zero-order chi connectivity index (χ0) is 13.4. The maximum atomic E-state index is 4.64. The van der Waals surface area contributed by atoms with Crippen LogP contribution in [0.2, 0.25) is 0 Å². The van der Waals surface area contributed by atoms with Crippen molar-refractivity contribution in [2.24, 2.45) is 0 Å². The lowest BCUT2D eigenvalue weighted by Crippen LogP contribution is -2.21. The van der Waals surface area contributed by atoms with Gasteiger partial charge in [0.2, 0.25) is 0 Å². The predicted molar refractivity (Wildman–Crippen MR) is 81.3 cm³/mol. The van der Waals surface area contributed by atoms with Gasteiger partial charge in [0.25, 0.3) is 0 Å². The Kier molecular flexibility index (Phi) is 2.92. The summed E-state index contributed by atoms with van der Waals surface area (Å²) in [5.41, 5.74) is 4.05. The van der Waals surface area contributed by atoms with Crippen molar-refractivity contribution >= 4 is 11.5 Å². The molecule has 102 valence electrons. The third-order valence-electron chi connectivity index (χ3n) is 4.17. The van der Waals surface area contributed by atoms with Gasteiger partial charge in [-0.2, -0.15) is 0 Å². The molecule has 2 heterocycles. The Hall–Kier alpha value is -1.87. The first kappa shape index (κ1) is 11.9. The number of anilines is 2. The largest absolute Gasteiger partial charge is 0.326 e. The van der Waals surface area contributed by atoms with Crippen LogP contribution in [0.1, 0.15) is 24.0 Å². The molecule has 0 saturated heterocycles. The molecule has 1 aromatic heterocycles. The van der Waals surface area contributed by atoms with Crippen LogP contribution in [0, 0.1) is 0 Å². The van der Waals surface area contributed by atoms with E-state index in [1.54, 1.807) is 0 Å². The molecule has 0 atom stereocenters. The summed E-state index contributed by atoms with van der Waals surface area (Å²) in [6.07, 6.45) is 5.66. The van der Waals surface area contributed by atoms with E-state index in [0.29, 0.717) is 0 Å². The third-order valence-corrected chi connectivity index (χ3v) is 4.17. The first-order chi connectivity index (χ1) is 9.92. The normalized spacial score (nSPS) is 17.3. The van der Waals surface area contributed by atoms with Gasteiger partial charge < -0.3 is 10.2 Å². The second-order valence-corrected chi connectivity index (χ2v) is 5.67. The van der Waals surface area contributed by atoms with Crippen LogP contribution >= 0.6 is 0 Å². The van der Waals surface area contributed by atoms with Crippen molar-refractivity contribution in [1.82, 2.24) is 10.3 Å². The van der Waals surface area contributed by atoms with Crippen LogP contribution in [-0.2, 0) is 13.0 Å². The number of nitrogens with one attached hydrogen (secondary N) is 1. The predicted octanol–water partition coefficient (Wildman–Crippen LogP) is 3.03. The van der Waals surface area contributed by atoms with Crippen LogP contribution in [0.25, 0.3) is 0 Å². The van der Waals surface area contributed by atoms with Gasteiger partial charge in [-0.05, 0) is 37.0 Å². The number of hydrogen-bond acceptors (Lipinski definition) is 3.